The molecule has 0 fully saturated rings. The maximum Gasteiger partial charge on any atom is 0.269 e. The first-order valence-corrected chi connectivity index (χ1v) is 11.3. The van der Waals surface area contributed by atoms with Crippen LogP contribution in [0.1, 0.15) is 24.1 Å². The summed E-state index contributed by atoms with van der Waals surface area (Å²) >= 11 is 1.46. The molecule has 4 aromatic rings. The van der Waals surface area contributed by atoms with Crippen LogP contribution in [0.5, 0.6) is 5.75 Å². The zero-order chi connectivity index (χ0) is 23.7. The summed E-state index contributed by atoms with van der Waals surface area (Å²) in [6.07, 6.45) is 2.62. The summed E-state index contributed by atoms with van der Waals surface area (Å²) in [6, 6.07) is 17.6. The van der Waals surface area contributed by atoms with E-state index in [-0.39, 0.29) is 5.69 Å². The molecule has 3 heterocycles. The summed E-state index contributed by atoms with van der Waals surface area (Å²) in [7, 11) is 1.63. The van der Waals surface area contributed by atoms with E-state index in [1.807, 2.05) is 49.4 Å². The number of fused-ring (bicyclic) bond motifs is 1. The van der Waals surface area contributed by atoms with E-state index >= 15 is 0 Å². The number of aryl methyl sites for hydroxylation is 1. The van der Waals surface area contributed by atoms with Gasteiger partial charge in [-0.05, 0) is 66.4 Å². The normalized spacial score (nSPS) is 14.1. The lowest BCUT2D eigenvalue weighted by atomic mass is 10.1. The lowest BCUT2D eigenvalue weighted by molar-refractivity contribution is -0.384. The zero-order valence-electron chi connectivity index (χ0n) is 18.3. The third-order valence-corrected chi connectivity index (χ3v) is 6.22. The molecule has 0 bridgehead atoms. The van der Waals surface area contributed by atoms with Crippen LogP contribution in [0.2, 0.25) is 0 Å². The maximum atomic E-state index is 10.9. The predicted octanol–water partition coefficient (Wildman–Crippen LogP) is 5.42. The fourth-order valence-electron chi connectivity index (χ4n) is 3.49. The molecule has 10 heteroatoms. The highest BCUT2D eigenvalue weighted by Gasteiger charge is 2.24. The van der Waals surface area contributed by atoms with Crippen LogP contribution in [0.4, 0.5) is 5.69 Å². The molecule has 0 aliphatic carbocycles. The molecule has 2 aromatic carbocycles. The van der Waals surface area contributed by atoms with Crippen molar-refractivity contribution >= 4 is 29.2 Å². The number of nitro groups is 1. The summed E-state index contributed by atoms with van der Waals surface area (Å²) in [5.74, 6) is 2.78. The molecule has 1 aliphatic rings. The summed E-state index contributed by atoms with van der Waals surface area (Å²) in [6.45, 7) is 2.01. The van der Waals surface area contributed by atoms with Gasteiger partial charge in [0.15, 0.2) is 5.82 Å². The topological polar surface area (TPSA) is 109 Å². The molecule has 1 aliphatic heterocycles. The smallest absolute Gasteiger partial charge is 0.269 e. The molecule has 170 valence electrons. The standard InChI is InChI=1S/C24H19N5O4S/c1-3-22-25-26-24-28(22)27-23(16-6-10-18(32-2)11-7-16)21(34-24)14-19-12-13-20(33-19)15-4-8-17(9-5-15)29(30)31/h4-14H,3H2,1-2H3/b21-14-. The van der Waals surface area contributed by atoms with E-state index in [0.717, 1.165) is 33.3 Å². The number of thioether (sulfide) groups is 1. The Morgan fingerprint density at radius 2 is 1.79 bits per heavy atom. The van der Waals surface area contributed by atoms with Crippen LogP contribution in [0, 0.1) is 10.1 Å². The molecule has 0 saturated heterocycles. The number of methoxy groups -OCH3 is 1. The lowest BCUT2D eigenvalue weighted by Gasteiger charge is -2.17. The second-order valence-electron chi connectivity index (χ2n) is 7.36. The van der Waals surface area contributed by atoms with Crippen molar-refractivity contribution in [2.75, 3.05) is 7.11 Å². The Kier molecular flexibility index (Phi) is 5.72. The van der Waals surface area contributed by atoms with E-state index in [1.165, 1.54) is 23.9 Å². The Bertz CT molecular complexity index is 1420. The molecule has 0 atom stereocenters. The van der Waals surface area contributed by atoms with Gasteiger partial charge >= 0.3 is 0 Å². The third kappa shape index (κ3) is 4.11. The predicted molar refractivity (Wildman–Crippen MR) is 129 cm³/mol. The first kappa shape index (κ1) is 21.7. The van der Waals surface area contributed by atoms with Gasteiger partial charge in [-0.25, -0.2) is 0 Å². The van der Waals surface area contributed by atoms with Gasteiger partial charge in [0.2, 0.25) is 5.16 Å². The fraction of sp³-hybridized carbons (Fsp3) is 0.125. The molecule has 9 nitrogen and oxygen atoms in total. The number of allylic oxidation sites excluding steroid dienone is 1. The molecule has 0 unspecified atom stereocenters. The van der Waals surface area contributed by atoms with Crippen molar-refractivity contribution in [1.29, 1.82) is 0 Å². The number of ether oxygens (including phenoxy) is 1. The van der Waals surface area contributed by atoms with Crippen LogP contribution in [0.15, 0.2) is 80.2 Å². The molecule has 0 amide bonds. The second-order valence-corrected chi connectivity index (χ2v) is 8.37. The number of hydrogen-bond acceptors (Lipinski definition) is 8. The van der Waals surface area contributed by atoms with Crippen LogP contribution < -0.4 is 4.74 Å². The number of benzene rings is 2. The van der Waals surface area contributed by atoms with E-state index in [9.17, 15) is 10.1 Å². The van der Waals surface area contributed by atoms with Crippen molar-refractivity contribution in [3.05, 3.63) is 92.8 Å². The fourth-order valence-corrected chi connectivity index (χ4v) is 4.43. The van der Waals surface area contributed by atoms with E-state index < -0.39 is 4.92 Å². The van der Waals surface area contributed by atoms with E-state index in [4.69, 9.17) is 14.3 Å². The quantitative estimate of drug-likeness (QED) is 0.272. The Labute approximate surface area is 198 Å². The number of rotatable bonds is 6. The van der Waals surface area contributed by atoms with Gasteiger partial charge in [0.05, 0.1) is 12.0 Å². The molecule has 0 radical (unpaired) electrons. The minimum absolute atomic E-state index is 0.0344. The zero-order valence-corrected chi connectivity index (χ0v) is 19.2. The molecular weight excluding hydrogens is 454 g/mol. The minimum Gasteiger partial charge on any atom is -0.497 e. The molecular formula is C24H19N5O4S. The molecule has 0 spiro atoms. The number of furan rings is 1. The monoisotopic (exact) mass is 473 g/mol. The molecule has 0 N–H and O–H groups in total. The highest BCUT2D eigenvalue weighted by Crippen LogP contribution is 2.36. The molecule has 0 saturated carbocycles. The van der Waals surface area contributed by atoms with Crippen LogP contribution in [0.3, 0.4) is 0 Å². The van der Waals surface area contributed by atoms with Gasteiger partial charge in [-0.15, -0.1) is 10.2 Å². The Hall–Kier alpha value is -4.18. The second kappa shape index (κ2) is 8.99. The Morgan fingerprint density at radius 3 is 2.47 bits per heavy atom. The number of hydrogen-bond donors (Lipinski definition) is 0. The molecule has 34 heavy (non-hydrogen) atoms. The van der Waals surface area contributed by atoms with Gasteiger partial charge in [-0.3, -0.25) is 10.1 Å². The van der Waals surface area contributed by atoms with Crippen molar-refractivity contribution in [1.82, 2.24) is 14.9 Å². The summed E-state index contributed by atoms with van der Waals surface area (Å²) in [5, 5.41) is 25.0. The minimum atomic E-state index is -0.426. The first-order chi connectivity index (χ1) is 16.6. The lowest BCUT2D eigenvalue weighted by Crippen LogP contribution is -2.13. The van der Waals surface area contributed by atoms with Crippen LogP contribution >= 0.6 is 11.8 Å². The average molecular weight is 474 g/mol. The van der Waals surface area contributed by atoms with Crippen molar-refractivity contribution in [2.45, 2.75) is 18.5 Å². The third-order valence-electron chi connectivity index (χ3n) is 5.25. The van der Waals surface area contributed by atoms with Crippen LogP contribution in [0.25, 0.3) is 17.4 Å². The van der Waals surface area contributed by atoms with E-state index in [2.05, 4.69) is 10.2 Å². The van der Waals surface area contributed by atoms with E-state index in [1.54, 1.807) is 23.9 Å². The van der Waals surface area contributed by atoms with Crippen molar-refractivity contribution < 1.29 is 14.1 Å². The van der Waals surface area contributed by atoms with Crippen molar-refractivity contribution in [2.24, 2.45) is 5.10 Å². The summed E-state index contributed by atoms with van der Waals surface area (Å²) in [5.41, 5.74) is 2.47. The van der Waals surface area contributed by atoms with Crippen LogP contribution in [-0.2, 0) is 6.42 Å². The van der Waals surface area contributed by atoms with Gasteiger partial charge in [0.25, 0.3) is 5.69 Å². The van der Waals surface area contributed by atoms with E-state index in [0.29, 0.717) is 23.1 Å². The Morgan fingerprint density at radius 1 is 1.06 bits per heavy atom. The number of non-ortho nitro benzene ring substituents is 1. The highest BCUT2D eigenvalue weighted by molar-refractivity contribution is 8.04. The first-order valence-electron chi connectivity index (χ1n) is 10.5. The van der Waals surface area contributed by atoms with Gasteiger partial charge in [0, 0.05) is 34.6 Å². The SMILES string of the molecule is CCc1nnc2n1N=C(c1ccc(OC)cc1)/C(=C/c1ccc(-c3ccc([N+](=O)[O-])cc3)o1)S2. The Balaban J connectivity index is 1.52. The number of aromatic nitrogens is 3. The number of nitrogens with zero attached hydrogens (tertiary/aromatic N) is 5. The number of nitro benzene ring substituents is 1. The molecule has 5 rings (SSSR count). The van der Waals surface area contributed by atoms with Gasteiger partial charge < -0.3 is 9.15 Å². The van der Waals surface area contributed by atoms with Crippen LogP contribution in [-0.4, -0.2) is 32.6 Å². The average Bonchev–Trinajstić information content (AvgIpc) is 3.50. The van der Waals surface area contributed by atoms with Gasteiger partial charge in [-0.1, -0.05) is 6.92 Å². The largest absolute Gasteiger partial charge is 0.497 e. The summed E-state index contributed by atoms with van der Waals surface area (Å²) < 4.78 is 13.1. The molecule has 2 aromatic heterocycles. The van der Waals surface area contributed by atoms with Crippen molar-refractivity contribution in [3.63, 3.8) is 0 Å². The maximum absolute atomic E-state index is 10.9. The summed E-state index contributed by atoms with van der Waals surface area (Å²) in [4.78, 5) is 11.3. The van der Waals surface area contributed by atoms with Gasteiger partial charge in [-0.2, -0.15) is 9.78 Å². The van der Waals surface area contributed by atoms with Gasteiger partial charge in [0.1, 0.15) is 23.0 Å². The highest BCUT2D eigenvalue weighted by atomic mass is 32.2. The van der Waals surface area contributed by atoms with Crippen molar-refractivity contribution in [3.8, 4) is 17.1 Å².